The van der Waals surface area contributed by atoms with Gasteiger partial charge in [0.1, 0.15) is 18.2 Å². The van der Waals surface area contributed by atoms with Crippen LogP contribution in [0.4, 0.5) is 11.5 Å². The van der Waals surface area contributed by atoms with Gasteiger partial charge in [0.15, 0.2) is 5.65 Å². The fourth-order valence-corrected chi connectivity index (χ4v) is 5.31. The van der Waals surface area contributed by atoms with E-state index < -0.39 is 10.0 Å². The molecule has 0 N–H and O–H groups in total. The maximum Gasteiger partial charge on any atom is 0.269 e. The molecule has 158 valence electrons. The Hall–Kier alpha value is -2.78. The molecule has 0 atom stereocenters. The Kier molecular flexibility index (Phi) is 4.59. The summed E-state index contributed by atoms with van der Waals surface area (Å²) in [5.74, 6) is 1.40. The first-order chi connectivity index (χ1) is 14.4. The molecule has 0 bridgehead atoms. The summed E-state index contributed by atoms with van der Waals surface area (Å²) in [4.78, 5) is 11.5. The van der Waals surface area contributed by atoms with Gasteiger partial charge in [-0.1, -0.05) is 0 Å². The molecular weight excluding hydrogens is 402 g/mol. The van der Waals surface area contributed by atoms with Gasteiger partial charge in [-0.3, -0.25) is 0 Å². The van der Waals surface area contributed by atoms with Crippen LogP contribution in [0, 0.1) is 0 Å². The molecule has 1 fully saturated rings. The van der Waals surface area contributed by atoms with Crippen LogP contribution in [0.25, 0.3) is 11.0 Å². The predicted molar refractivity (Wildman–Crippen MR) is 117 cm³/mol. The van der Waals surface area contributed by atoms with Gasteiger partial charge in [-0.2, -0.15) is 0 Å². The molecule has 8 nitrogen and oxygen atoms in total. The van der Waals surface area contributed by atoms with Gasteiger partial charge in [0.2, 0.25) is 0 Å². The van der Waals surface area contributed by atoms with E-state index in [1.807, 2.05) is 19.2 Å². The number of piperazine rings is 1. The number of pyridine rings is 1. The Balaban J connectivity index is 1.54. The predicted octanol–water partition coefficient (Wildman–Crippen LogP) is 1.85. The molecule has 0 saturated carbocycles. The number of ether oxygens (including phenoxy) is 1. The summed E-state index contributed by atoms with van der Waals surface area (Å²) < 4.78 is 33.9. The van der Waals surface area contributed by atoms with E-state index in [9.17, 15) is 8.42 Å². The SMILES string of the molecule is CN1CCN(c2ccc3ccn(S(=O)(=O)c4ccc5c(c4)OCCN5C)c3n2)CC1. The molecule has 2 aliphatic heterocycles. The molecule has 2 aliphatic rings. The lowest BCUT2D eigenvalue weighted by Gasteiger charge is -2.33. The molecule has 1 saturated heterocycles. The van der Waals surface area contributed by atoms with Gasteiger partial charge in [-0.25, -0.2) is 17.4 Å². The standard InChI is InChI=1S/C21H25N5O3S/c1-23-9-11-25(12-10-23)20-6-3-16-7-8-26(21(16)22-20)30(27,28)17-4-5-18-19(15-17)29-14-13-24(18)2/h3-8,15H,9-14H2,1-2H3. The Bertz CT molecular complexity index is 1200. The molecule has 0 amide bonds. The number of nitrogens with zero attached hydrogens (tertiary/aromatic N) is 5. The average molecular weight is 428 g/mol. The second-order valence-corrected chi connectivity index (χ2v) is 9.70. The number of hydrogen-bond acceptors (Lipinski definition) is 7. The molecule has 0 aliphatic carbocycles. The maximum atomic E-state index is 13.4. The van der Waals surface area contributed by atoms with Crippen LogP contribution in [-0.4, -0.2) is 75.7 Å². The number of rotatable bonds is 3. The van der Waals surface area contributed by atoms with E-state index in [4.69, 9.17) is 9.72 Å². The van der Waals surface area contributed by atoms with Crippen LogP contribution in [0.15, 0.2) is 47.5 Å². The summed E-state index contributed by atoms with van der Waals surface area (Å²) in [5, 5.41) is 0.797. The molecule has 4 heterocycles. The molecular formula is C21H25N5O3S. The number of benzene rings is 1. The van der Waals surface area contributed by atoms with Crippen LogP contribution in [-0.2, 0) is 10.0 Å². The minimum atomic E-state index is -3.80. The van der Waals surface area contributed by atoms with Gasteiger partial charge in [0.25, 0.3) is 10.0 Å². The Morgan fingerprint density at radius 2 is 1.77 bits per heavy atom. The van der Waals surface area contributed by atoms with E-state index >= 15 is 0 Å². The molecule has 2 aromatic heterocycles. The third kappa shape index (κ3) is 3.18. The van der Waals surface area contributed by atoms with E-state index in [2.05, 4.69) is 21.7 Å². The molecule has 0 unspecified atom stereocenters. The van der Waals surface area contributed by atoms with Gasteiger partial charge < -0.3 is 19.4 Å². The highest BCUT2D eigenvalue weighted by molar-refractivity contribution is 7.90. The van der Waals surface area contributed by atoms with Gasteiger partial charge in [-0.15, -0.1) is 0 Å². The smallest absolute Gasteiger partial charge is 0.269 e. The van der Waals surface area contributed by atoms with Crippen LogP contribution in [0.1, 0.15) is 0 Å². The lowest BCUT2D eigenvalue weighted by molar-refractivity contribution is 0.310. The van der Waals surface area contributed by atoms with Crippen molar-refractivity contribution >= 4 is 32.6 Å². The Morgan fingerprint density at radius 3 is 2.57 bits per heavy atom. The number of anilines is 2. The zero-order valence-corrected chi connectivity index (χ0v) is 18.0. The van der Waals surface area contributed by atoms with Crippen molar-refractivity contribution < 1.29 is 13.2 Å². The van der Waals surface area contributed by atoms with Gasteiger partial charge in [0.05, 0.1) is 17.1 Å². The topological polar surface area (TPSA) is 70.9 Å². The van der Waals surface area contributed by atoms with Crippen molar-refractivity contribution in [3.8, 4) is 5.75 Å². The van der Waals surface area contributed by atoms with Crippen LogP contribution < -0.4 is 14.5 Å². The Labute approximate surface area is 176 Å². The summed E-state index contributed by atoms with van der Waals surface area (Å²) in [6.45, 7) is 4.98. The minimum Gasteiger partial charge on any atom is -0.490 e. The van der Waals surface area contributed by atoms with E-state index in [0.717, 1.165) is 49.6 Å². The lowest BCUT2D eigenvalue weighted by Crippen LogP contribution is -2.44. The van der Waals surface area contributed by atoms with Crippen molar-refractivity contribution in [2.75, 3.05) is 63.2 Å². The van der Waals surface area contributed by atoms with E-state index in [0.29, 0.717) is 18.0 Å². The molecule has 0 radical (unpaired) electrons. The minimum absolute atomic E-state index is 0.195. The second kappa shape index (κ2) is 7.17. The number of hydrogen-bond donors (Lipinski definition) is 0. The first-order valence-electron chi connectivity index (χ1n) is 10.1. The van der Waals surface area contributed by atoms with E-state index in [-0.39, 0.29) is 4.90 Å². The van der Waals surface area contributed by atoms with Gasteiger partial charge >= 0.3 is 0 Å². The summed E-state index contributed by atoms with van der Waals surface area (Å²) in [7, 11) is 0.273. The highest BCUT2D eigenvalue weighted by Crippen LogP contribution is 2.34. The van der Waals surface area contributed by atoms with Crippen LogP contribution in [0.2, 0.25) is 0 Å². The summed E-state index contributed by atoms with van der Waals surface area (Å²) in [6.07, 6.45) is 1.58. The van der Waals surface area contributed by atoms with Crippen LogP contribution in [0.3, 0.4) is 0 Å². The largest absolute Gasteiger partial charge is 0.490 e. The van der Waals surface area contributed by atoms with Crippen molar-refractivity contribution in [2.24, 2.45) is 0 Å². The first-order valence-corrected chi connectivity index (χ1v) is 11.5. The Morgan fingerprint density at radius 1 is 0.967 bits per heavy atom. The fraction of sp³-hybridized carbons (Fsp3) is 0.381. The van der Waals surface area contributed by atoms with E-state index in [1.165, 1.54) is 3.97 Å². The van der Waals surface area contributed by atoms with Crippen molar-refractivity contribution in [1.29, 1.82) is 0 Å². The van der Waals surface area contributed by atoms with Gasteiger partial charge in [0, 0.05) is 50.9 Å². The summed E-state index contributed by atoms with van der Waals surface area (Å²) in [5.41, 5.74) is 1.34. The number of fused-ring (bicyclic) bond motifs is 2. The zero-order valence-electron chi connectivity index (χ0n) is 17.2. The molecule has 30 heavy (non-hydrogen) atoms. The summed E-state index contributed by atoms with van der Waals surface area (Å²) >= 11 is 0. The third-order valence-electron chi connectivity index (χ3n) is 5.90. The second-order valence-electron chi connectivity index (χ2n) is 7.89. The molecule has 0 spiro atoms. The lowest BCUT2D eigenvalue weighted by atomic mass is 10.2. The third-order valence-corrected chi connectivity index (χ3v) is 7.56. The van der Waals surface area contributed by atoms with E-state index in [1.54, 1.807) is 30.5 Å². The molecule has 3 aromatic rings. The normalized spacial score (nSPS) is 17.8. The van der Waals surface area contributed by atoms with Crippen LogP contribution in [0.5, 0.6) is 5.75 Å². The maximum absolute atomic E-state index is 13.4. The molecule has 1 aromatic carbocycles. The highest BCUT2D eigenvalue weighted by atomic mass is 32.2. The van der Waals surface area contributed by atoms with Crippen molar-refractivity contribution in [3.05, 3.63) is 42.6 Å². The zero-order chi connectivity index (χ0) is 20.9. The van der Waals surface area contributed by atoms with Gasteiger partial charge in [-0.05, 0) is 37.4 Å². The monoisotopic (exact) mass is 427 g/mol. The highest BCUT2D eigenvalue weighted by Gasteiger charge is 2.24. The molecule has 5 rings (SSSR count). The quantitative estimate of drug-likeness (QED) is 0.632. The summed E-state index contributed by atoms with van der Waals surface area (Å²) in [6, 6.07) is 10.7. The fourth-order valence-electron chi connectivity index (χ4n) is 3.99. The number of aromatic nitrogens is 2. The van der Waals surface area contributed by atoms with Crippen molar-refractivity contribution in [2.45, 2.75) is 4.90 Å². The van der Waals surface area contributed by atoms with Crippen molar-refractivity contribution in [1.82, 2.24) is 13.9 Å². The molecule has 9 heteroatoms. The van der Waals surface area contributed by atoms with Crippen molar-refractivity contribution in [3.63, 3.8) is 0 Å². The van der Waals surface area contributed by atoms with Crippen LogP contribution >= 0.6 is 0 Å². The first kappa shape index (κ1) is 19.2. The average Bonchev–Trinajstić information content (AvgIpc) is 3.18. The number of likely N-dealkylation sites (N-methyl/N-ethyl adjacent to an activating group) is 2.